The molecule has 3 heterocycles. The number of epoxide rings is 1. The quantitative estimate of drug-likeness (QED) is 0.0767. The highest BCUT2D eigenvalue weighted by atomic mass is 16.9. The molecule has 1 aromatic carbocycles. The standard InChI is InChI=1S/C39H50O11/c1-6-7-8-9-10-11-12-19-36-48-33-29-32-35(21-40,47-32)34(44)37(45)27(20-23(4)30(37)43)39(29,50-36)24(5)31(38(33,49-36)22(2)3)46-28(42)18-15-25-13-16-26(41)17-14-25/h13-18,20,24,27,29,31-34,40-41,44-45H,2,6-12,19,21H2,1,3-5H3/b18-15+/t24-,27-,29-,31-,32+,33-,34+,35+,36-,37-,38+,39+/m1/s1. The van der Waals surface area contributed by atoms with E-state index in [2.05, 4.69) is 13.5 Å². The zero-order valence-electron chi connectivity index (χ0n) is 29.3. The van der Waals surface area contributed by atoms with Crippen molar-refractivity contribution in [3.8, 4) is 5.75 Å². The Morgan fingerprint density at radius 1 is 1.04 bits per heavy atom. The van der Waals surface area contributed by atoms with Crippen LogP contribution in [0, 0.1) is 17.8 Å². The number of benzene rings is 1. The van der Waals surface area contributed by atoms with E-state index < -0.39 is 88.9 Å². The number of carbonyl (C=O) groups is 2. The van der Waals surface area contributed by atoms with Gasteiger partial charge in [-0.05, 0) is 55.2 Å². The molecule has 6 aliphatic rings. The van der Waals surface area contributed by atoms with E-state index in [1.165, 1.54) is 31.1 Å². The third kappa shape index (κ3) is 4.81. The second-order valence-corrected chi connectivity index (χ2v) is 15.4. The molecule has 3 aliphatic carbocycles. The largest absolute Gasteiger partial charge is 0.508 e. The van der Waals surface area contributed by atoms with E-state index in [1.807, 2.05) is 6.92 Å². The van der Waals surface area contributed by atoms with Crippen molar-refractivity contribution >= 4 is 17.8 Å². The Balaban J connectivity index is 1.32. The van der Waals surface area contributed by atoms with Crippen molar-refractivity contribution < 1.29 is 53.7 Å². The Hall–Kier alpha value is -2.90. The van der Waals surface area contributed by atoms with Crippen molar-refractivity contribution in [2.45, 2.75) is 132 Å². The molecule has 3 bridgehead atoms. The summed E-state index contributed by atoms with van der Waals surface area (Å²) in [6, 6.07) is 6.35. The van der Waals surface area contributed by atoms with Crippen LogP contribution in [0.2, 0.25) is 0 Å². The molecule has 0 spiro atoms. The molecule has 0 radical (unpaired) electrons. The molecule has 3 saturated heterocycles. The maximum Gasteiger partial charge on any atom is 0.331 e. The van der Waals surface area contributed by atoms with Crippen LogP contribution in [0.5, 0.6) is 5.75 Å². The van der Waals surface area contributed by atoms with Crippen LogP contribution in [0.25, 0.3) is 6.08 Å². The SMILES string of the molecule is C=C(C)[C@@]12O[C@@]3(CCCCCCCCC)O[C@@H]1[C@H]1[C@@H]4O[C@]4(CO)[C@H](O)[C@]4(O)C(=O)C(C)=C[C@H]4[C@@]1(O3)[C@H](C)[C@H]2OC(=O)/C=C/c1ccc(O)cc1. The number of hydrogen-bond donors (Lipinski definition) is 4. The summed E-state index contributed by atoms with van der Waals surface area (Å²) in [4.78, 5) is 27.6. The van der Waals surface area contributed by atoms with Gasteiger partial charge in [-0.25, -0.2) is 4.79 Å². The summed E-state index contributed by atoms with van der Waals surface area (Å²) >= 11 is 0. The minimum atomic E-state index is -2.40. The summed E-state index contributed by atoms with van der Waals surface area (Å²) in [7, 11) is 0. The molecule has 0 amide bonds. The number of esters is 1. The molecule has 1 aromatic rings. The van der Waals surface area contributed by atoms with Crippen molar-refractivity contribution in [2.24, 2.45) is 17.8 Å². The van der Waals surface area contributed by atoms with Crippen LogP contribution in [0.4, 0.5) is 0 Å². The normalized spacial score (nSPS) is 43.6. The van der Waals surface area contributed by atoms with E-state index in [-0.39, 0.29) is 11.3 Å². The summed E-state index contributed by atoms with van der Waals surface area (Å²) < 4.78 is 33.5. The van der Waals surface area contributed by atoms with Crippen LogP contribution in [0.15, 0.2) is 54.1 Å². The third-order valence-electron chi connectivity index (χ3n) is 12.4. The smallest absolute Gasteiger partial charge is 0.331 e. The molecule has 272 valence electrons. The highest BCUT2D eigenvalue weighted by molar-refractivity contribution is 6.05. The van der Waals surface area contributed by atoms with Crippen LogP contribution in [-0.2, 0) is 33.3 Å². The zero-order chi connectivity index (χ0) is 35.9. The van der Waals surface area contributed by atoms with Crippen LogP contribution in [0.3, 0.4) is 0 Å². The minimum Gasteiger partial charge on any atom is -0.508 e. The topological polar surface area (TPSA) is 165 Å². The number of rotatable bonds is 13. The van der Waals surface area contributed by atoms with Gasteiger partial charge in [0.1, 0.15) is 35.8 Å². The maximum absolute atomic E-state index is 13.9. The van der Waals surface area contributed by atoms with E-state index in [1.54, 1.807) is 38.1 Å². The highest BCUT2D eigenvalue weighted by Crippen LogP contribution is 2.73. The first-order valence-electron chi connectivity index (χ1n) is 18.1. The fraction of sp³-hybridized carbons (Fsp3) is 0.641. The Kier molecular flexibility index (Phi) is 8.78. The van der Waals surface area contributed by atoms with Crippen molar-refractivity contribution in [2.75, 3.05) is 6.61 Å². The molecule has 5 fully saturated rings. The summed E-state index contributed by atoms with van der Waals surface area (Å²) in [5.41, 5.74) is -5.56. The number of phenols is 1. The number of ether oxygens (including phenoxy) is 5. The molecule has 0 aromatic heterocycles. The van der Waals surface area contributed by atoms with Gasteiger partial charge in [0.25, 0.3) is 5.97 Å². The fourth-order valence-corrected chi connectivity index (χ4v) is 9.95. The van der Waals surface area contributed by atoms with Gasteiger partial charge in [0.15, 0.2) is 17.0 Å². The van der Waals surface area contributed by atoms with Gasteiger partial charge in [-0.15, -0.1) is 0 Å². The van der Waals surface area contributed by atoms with Crippen LogP contribution in [-0.4, -0.2) is 91.6 Å². The molecular weight excluding hydrogens is 644 g/mol. The molecule has 3 aliphatic heterocycles. The number of aromatic hydroxyl groups is 1. The Morgan fingerprint density at radius 3 is 2.38 bits per heavy atom. The van der Waals surface area contributed by atoms with Gasteiger partial charge in [0.2, 0.25) is 0 Å². The van der Waals surface area contributed by atoms with Crippen molar-refractivity contribution in [3.63, 3.8) is 0 Å². The van der Waals surface area contributed by atoms with Crippen molar-refractivity contribution in [3.05, 3.63) is 59.7 Å². The molecule has 2 saturated carbocycles. The average molecular weight is 695 g/mol. The molecule has 11 nitrogen and oxygen atoms in total. The lowest BCUT2D eigenvalue weighted by Crippen LogP contribution is -2.76. The molecule has 12 atom stereocenters. The number of carbonyl (C=O) groups excluding carboxylic acids is 2. The van der Waals surface area contributed by atoms with Gasteiger partial charge in [-0.3, -0.25) is 4.79 Å². The second-order valence-electron chi connectivity index (χ2n) is 15.4. The Labute approximate surface area is 292 Å². The third-order valence-corrected chi connectivity index (χ3v) is 12.4. The van der Waals surface area contributed by atoms with Gasteiger partial charge < -0.3 is 44.1 Å². The molecule has 4 N–H and O–H groups in total. The lowest BCUT2D eigenvalue weighted by atomic mass is 9.53. The average Bonchev–Trinajstić information content (AvgIpc) is 3.72. The van der Waals surface area contributed by atoms with Crippen LogP contribution < -0.4 is 0 Å². The highest BCUT2D eigenvalue weighted by Gasteiger charge is 2.90. The number of fused-ring (bicyclic) bond motifs is 3. The fourth-order valence-electron chi connectivity index (χ4n) is 9.95. The monoisotopic (exact) mass is 694 g/mol. The molecule has 7 rings (SSSR count). The molecular formula is C39H50O11. The van der Waals surface area contributed by atoms with Crippen molar-refractivity contribution in [1.82, 2.24) is 0 Å². The van der Waals surface area contributed by atoms with Gasteiger partial charge in [0, 0.05) is 30.3 Å². The minimum absolute atomic E-state index is 0.0971. The molecule has 0 unspecified atom stereocenters. The summed E-state index contributed by atoms with van der Waals surface area (Å²) in [5.74, 6) is -5.54. The number of unbranched alkanes of at least 4 members (excludes halogenated alkanes) is 6. The number of aliphatic hydroxyl groups is 3. The predicted molar refractivity (Wildman–Crippen MR) is 180 cm³/mol. The van der Waals surface area contributed by atoms with E-state index in [0.717, 1.165) is 25.7 Å². The first-order chi connectivity index (χ1) is 23.8. The summed E-state index contributed by atoms with van der Waals surface area (Å²) in [5, 5.41) is 44.7. The summed E-state index contributed by atoms with van der Waals surface area (Å²) in [6.45, 7) is 11.1. The summed E-state index contributed by atoms with van der Waals surface area (Å²) in [6.07, 6.45) is 7.47. The predicted octanol–water partition coefficient (Wildman–Crippen LogP) is 4.26. The Bertz CT molecular complexity index is 1600. The lowest BCUT2D eigenvalue weighted by molar-refractivity contribution is -0.431. The molecule has 50 heavy (non-hydrogen) atoms. The van der Waals surface area contributed by atoms with E-state index in [4.69, 9.17) is 23.7 Å². The van der Waals surface area contributed by atoms with E-state index in [0.29, 0.717) is 24.0 Å². The second kappa shape index (κ2) is 12.4. The first kappa shape index (κ1) is 35.5. The van der Waals surface area contributed by atoms with E-state index in [9.17, 15) is 30.0 Å². The number of Topliss-reactive ketones (excluding diaryl/α,β-unsaturated/α-hetero) is 1. The number of ketones is 1. The zero-order valence-corrected chi connectivity index (χ0v) is 29.3. The van der Waals surface area contributed by atoms with E-state index >= 15 is 0 Å². The molecule has 11 heteroatoms. The lowest BCUT2D eigenvalue weighted by Gasteiger charge is -2.61. The van der Waals surface area contributed by atoms with Gasteiger partial charge >= 0.3 is 5.97 Å². The number of phenolic OH excluding ortho intramolecular Hbond substituents is 1. The van der Waals surface area contributed by atoms with Gasteiger partial charge in [-0.1, -0.05) is 77.2 Å². The van der Waals surface area contributed by atoms with Gasteiger partial charge in [0.05, 0.1) is 12.2 Å². The number of aliphatic hydroxyl groups excluding tert-OH is 2. The van der Waals surface area contributed by atoms with Crippen molar-refractivity contribution in [1.29, 1.82) is 0 Å². The maximum atomic E-state index is 13.9. The van der Waals surface area contributed by atoms with Crippen LogP contribution >= 0.6 is 0 Å². The first-order valence-corrected chi connectivity index (χ1v) is 18.1. The van der Waals surface area contributed by atoms with Crippen LogP contribution in [0.1, 0.15) is 84.6 Å². The van der Waals surface area contributed by atoms with Gasteiger partial charge in [-0.2, -0.15) is 0 Å². The number of hydrogen-bond acceptors (Lipinski definition) is 11. The Morgan fingerprint density at radius 2 is 1.72 bits per heavy atom.